The number of rotatable bonds is 2. The van der Waals surface area contributed by atoms with Gasteiger partial charge in [0.15, 0.2) is 0 Å². The second-order valence-corrected chi connectivity index (χ2v) is 4.17. The van der Waals surface area contributed by atoms with Crippen LogP contribution in [0.4, 0.5) is 4.39 Å². The van der Waals surface area contributed by atoms with E-state index in [0.717, 1.165) is 18.9 Å². The van der Waals surface area contributed by atoms with Crippen LogP contribution in [0.1, 0.15) is 28.8 Å². The van der Waals surface area contributed by atoms with E-state index in [0.29, 0.717) is 13.2 Å². The van der Waals surface area contributed by atoms with E-state index < -0.39 is 11.7 Å². The highest BCUT2D eigenvalue weighted by Gasteiger charge is 2.19. The second kappa shape index (κ2) is 5.61. The molecule has 18 heavy (non-hydrogen) atoms. The number of nitriles is 1. The molecule has 0 bridgehead atoms. The summed E-state index contributed by atoms with van der Waals surface area (Å²) in [6, 6.07) is 5.65. The van der Waals surface area contributed by atoms with E-state index in [1.54, 1.807) is 0 Å². The van der Waals surface area contributed by atoms with Crippen molar-refractivity contribution in [3.8, 4) is 6.07 Å². The predicted octanol–water partition coefficient (Wildman–Crippen LogP) is 1.61. The van der Waals surface area contributed by atoms with Gasteiger partial charge in [0.1, 0.15) is 5.82 Å². The van der Waals surface area contributed by atoms with Crippen LogP contribution >= 0.6 is 0 Å². The maximum atomic E-state index is 13.5. The number of hydrogen-bond acceptors (Lipinski definition) is 3. The van der Waals surface area contributed by atoms with Gasteiger partial charge in [0.05, 0.1) is 17.2 Å². The van der Waals surface area contributed by atoms with E-state index in [-0.39, 0.29) is 17.2 Å². The maximum Gasteiger partial charge on any atom is 0.254 e. The fourth-order valence-corrected chi connectivity index (χ4v) is 1.87. The number of amides is 1. The Balaban J connectivity index is 2.10. The molecule has 1 heterocycles. The van der Waals surface area contributed by atoms with Crippen molar-refractivity contribution < 1.29 is 13.9 Å². The molecule has 1 aromatic carbocycles. The summed E-state index contributed by atoms with van der Waals surface area (Å²) in [5.74, 6) is -1.09. The normalized spacial score (nSPS) is 16.0. The third-order valence-electron chi connectivity index (χ3n) is 2.90. The van der Waals surface area contributed by atoms with Crippen molar-refractivity contribution in [3.63, 3.8) is 0 Å². The lowest BCUT2D eigenvalue weighted by Crippen LogP contribution is -2.39. The Labute approximate surface area is 104 Å². The Bertz CT molecular complexity index is 490. The first-order valence-electron chi connectivity index (χ1n) is 5.79. The zero-order valence-electron chi connectivity index (χ0n) is 9.78. The van der Waals surface area contributed by atoms with Gasteiger partial charge in [-0.05, 0) is 31.0 Å². The molecule has 0 aliphatic carbocycles. The molecular weight excluding hydrogens is 235 g/mol. The van der Waals surface area contributed by atoms with Crippen molar-refractivity contribution in [2.24, 2.45) is 0 Å². The van der Waals surface area contributed by atoms with Gasteiger partial charge in [-0.1, -0.05) is 0 Å². The van der Waals surface area contributed by atoms with Crippen LogP contribution in [0.25, 0.3) is 0 Å². The van der Waals surface area contributed by atoms with Crippen molar-refractivity contribution in [3.05, 3.63) is 35.1 Å². The largest absolute Gasteiger partial charge is 0.381 e. The highest BCUT2D eigenvalue weighted by Crippen LogP contribution is 2.12. The highest BCUT2D eigenvalue weighted by atomic mass is 19.1. The van der Waals surface area contributed by atoms with Crippen LogP contribution in [-0.4, -0.2) is 25.2 Å². The summed E-state index contributed by atoms with van der Waals surface area (Å²) in [5, 5.41) is 11.5. The summed E-state index contributed by atoms with van der Waals surface area (Å²) >= 11 is 0. The Kier molecular flexibility index (Phi) is 3.90. The molecule has 1 aliphatic heterocycles. The van der Waals surface area contributed by atoms with Crippen molar-refractivity contribution >= 4 is 5.91 Å². The van der Waals surface area contributed by atoms with E-state index in [2.05, 4.69) is 5.32 Å². The summed E-state index contributed by atoms with van der Waals surface area (Å²) < 4.78 is 18.7. The lowest BCUT2D eigenvalue weighted by Gasteiger charge is -2.23. The molecule has 0 unspecified atom stereocenters. The van der Waals surface area contributed by atoms with Crippen LogP contribution in [0.15, 0.2) is 18.2 Å². The third-order valence-corrected chi connectivity index (χ3v) is 2.90. The Morgan fingerprint density at radius 2 is 2.17 bits per heavy atom. The molecule has 1 aromatic rings. The van der Waals surface area contributed by atoms with Crippen LogP contribution < -0.4 is 5.32 Å². The fourth-order valence-electron chi connectivity index (χ4n) is 1.87. The average molecular weight is 248 g/mol. The summed E-state index contributed by atoms with van der Waals surface area (Å²) in [4.78, 5) is 11.9. The monoisotopic (exact) mass is 248 g/mol. The number of carbonyl (C=O) groups excluding carboxylic acids is 1. The number of carbonyl (C=O) groups is 1. The molecule has 1 amide bonds. The van der Waals surface area contributed by atoms with Crippen LogP contribution in [0.2, 0.25) is 0 Å². The lowest BCUT2D eigenvalue weighted by atomic mass is 10.1. The van der Waals surface area contributed by atoms with E-state index in [4.69, 9.17) is 10.00 Å². The van der Waals surface area contributed by atoms with Crippen molar-refractivity contribution in [2.45, 2.75) is 18.9 Å². The third kappa shape index (κ3) is 2.84. The standard InChI is InChI=1S/C13H13FN2O2/c14-12-2-1-9(8-15)7-11(12)13(17)16-10-3-5-18-6-4-10/h1-2,7,10H,3-6H2,(H,16,17). The molecule has 1 N–H and O–H groups in total. The summed E-state index contributed by atoms with van der Waals surface area (Å²) in [5.41, 5.74) is 0.189. The van der Waals surface area contributed by atoms with E-state index in [1.165, 1.54) is 12.1 Å². The number of benzene rings is 1. The zero-order valence-corrected chi connectivity index (χ0v) is 9.78. The minimum Gasteiger partial charge on any atom is -0.381 e. The molecule has 1 fully saturated rings. The summed E-state index contributed by atoms with van der Waals surface area (Å²) in [6.45, 7) is 1.21. The van der Waals surface area contributed by atoms with Crippen LogP contribution in [0, 0.1) is 17.1 Å². The molecule has 94 valence electrons. The molecule has 1 aliphatic rings. The molecule has 0 aromatic heterocycles. The van der Waals surface area contributed by atoms with Gasteiger partial charge >= 0.3 is 0 Å². The molecular formula is C13H13FN2O2. The van der Waals surface area contributed by atoms with Gasteiger partial charge in [-0.3, -0.25) is 4.79 Å². The number of nitrogens with zero attached hydrogens (tertiary/aromatic N) is 1. The Hall–Kier alpha value is -1.93. The van der Waals surface area contributed by atoms with E-state index in [9.17, 15) is 9.18 Å². The Morgan fingerprint density at radius 1 is 1.44 bits per heavy atom. The molecule has 0 radical (unpaired) electrons. The Morgan fingerprint density at radius 3 is 2.83 bits per heavy atom. The van der Waals surface area contributed by atoms with Crippen LogP contribution in [0.5, 0.6) is 0 Å². The van der Waals surface area contributed by atoms with Gasteiger partial charge in [0, 0.05) is 19.3 Å². The number of nitrogens with one attached hydrogen (secondary N) is 1. The topological polar surface area (TPSA) is 62.1 Å². The van der Waals surface area contributed by atoms with Gasteiger partial charge < -0.3 is 10.1 Å². The second-order valence-electron chi connectivity index (χ2n) is 4.17. The molecule has 0 atom stereocenters. The first kappa shape index (κ1) is 12.5. The van der Waals surface area contributed by atoms with Crippen LogP contribution in [0.3, 0.4) is 0 Å². The summed E-state index contributed by atoms with van der Waals surface area (Å²) in [6.07, 6.45) is 1.45. The molecule has 5 heteroatoms. The quantitative estimate of drug-likeness (QED) is 0.864. The van der Waals surface area contributed by atoms with Gasteiger partial charge in [-0.2, -0.15) is 5.26 Å². The molecule has 2 rings (SSSR count). The van der Waals surface area contributed by atoms with Crippen molar-refractivity contribution in [1.29, 1.82) is 5.26 Å². The zero-order chi connectivity index (χ0) is 13.0. The minimum atomic E-state index is -0.612. The minimum absolute atomic E-state index is 0.0105. The van der Waals surface area contributed by atoms with Gasteiger partial charge in [0.25, 0.3) is 5.91 Å². The highest BCUT2D eigenvalue weighted by molar-refractivity contribution is 5.95. The number of ether oxygens (including phenoxy) is 1. The van der Waals surface area contributed by atoms with Gasteiger partial charge in [-0.15, -0.1) is 0 Å². The number of hydrogen-bond donors (Lipinski definition) is 1. The van der Waals surface area contributed by atoms with Crippen molar-refractivity contribution in [1.82, 2.24) is 5.32 Å². The molecule has 0 spiro atoms. The van der Waals surface area contributed by atoms with Gasteiger partial charge in [-0.25, -0.2) is 4.39 Å². The molecule has 4 nitrogen and oxygen atoms in total. The first-order chi connectivity index (χ1) is 8.70. The maximum absolute atomic E-state index is 13.5. The molecule has 0 saturated carbocycles. The van der Waals surface area contributed by atoms with Gasteiger partial charge in [0.2, 0.25) is 0 Å². The van der Waals surface area contributed by atoms with E-state index in [1.807, 2.05) is 6.07 Å². The number of halogens is 1. The molecule has 1 saturated heterocycles. The van der Waals surface area contributed by atoms with Crippen molar-refractivity contribution in [2.75, 3.05) is 13.2 Å². The fraction of sp³-hybridized carbons (Fsp3) is 0.385. The van der Waals surface area contributed by atoms with Crippen LogP contribution in [-0.2, 0) is 4.74 Å². The SMILES string of the molecule is N#Cc1ccc(F)c(C(=O)NC2CCOCC2)c1. The smallest absolute Gasteiger partial charge is 0.254 e. The summed E-state index contributed by atoms with van der Waals surface area (Å²) in [7, 11) is 0. The predicted molar refractivity (Wildman–Crippen MR) is 62.4 cm³/mol. The van der Waals surface area contributed by atoms with E-state index >= 15 is 0 Å². The first-order valence-corrected chi connectivity index (χ1v) is 5.79. The lowest BCUT2D eigenvalue weighted by molar-refractivity contribution is 0.0694. The average Bonchev–Trinajstić information content (AvgIpc) is 2.40.